The van der Waals surface area contributed by atoms with Crippen LogP contribution in [0, 0.1) is 0 Å². The van der Waals surface area contributed by atoms with E-state index in [1.54, 1.807) is 4.90 Å². The van der Waals surface area contributed by atoms with Crippen LogP contribution in [0.4, 0.5) is 0 Å². The van der Waals surface area contributed by atoms with Crippen LogP contribution in [0.15, 0.2) is 34.9 Å². The first-order chi connectivity index (χ1) is 12.1. The number of aliphatic hydroxyl groups excluding tert-OH is 1. The van der Waals surface area contributed by atoms with Crippen LogP contribution in [0.1, 0.15) is 30.1 Å². The smallest absolute Gasteiger partial charge is 0.240 e. The fourth-order valence-corrected chi connectivity index (χ4v) is 2.94. The maximum absolute atomic E-state index is 12.3. The number of rotatable bonds is 6. The molecule has 3 rings (SSSR count). The Hall–Kier alpha value is -2.25. The fourth-order valence-electron chi connectivity index (χ4n) is 2.94. The third-order valence-corrected chi connectivity index (χ3v) is 4.34. The molecule has 0 saturated carbocycles. The lowest BCUT2D eigenvalue weighted by Gasteiger charge is -2.30. The summed E-state index contributed by atoms with van der Waals surface area (Å²) in [6.45, 7) is 1.97. The predicted octanol–water partition coefficient (Wildman–Crippen LogP) is 1.08. The van der Waals surface area contributed by atoms with Gasteiger partial charge in [-0.15, -0.1) is 0 Å². The molecule has 1 fully saturated rings. The van der Waals surface area contributed by atoms with E-state index in [2.05, 4.69) is 10.1 Å². The van der Waals surface area contributed by atoms with Gasteiger partial charge in [0.15, 0.2) is 5.82 Å². The lowest BCUT2D eigenvalue weighted by Crippen LogP contribution is -2.44. The first-order valence-electron chi connectivity index (χ1n) is 8.60. The van der Waals surface area contributed by atoms with E-state index in [1.165, 1.54) is 0 Å². The van der Waals surface area contributed by atoms with E-state index in [4.69, 9.17) is 4.52 Å². The Labute approximate surface area is 147 Å². The Bertz CT molecular complexity index is 681. The summed E-state index contributed by atoms with van der Waals surface area (Å²) in [6.07, 6.45) is 1.66. The molecule has 7 nitrogen and oxygen atoms in total. The number of benzene rings is 1. The Morgan fingerprint density at radius 3 is 2.76 bits per heavy atom. The minimum absolute atomic E-state index is 0.0680. The Kier molecular flexibility index (Phi) is 5.78. The van der Waals surface area contributed by atoms with Crippen LogP contribution in [0.25, 0.3) is 0 Å². The van der Waals surface area contributed by atoms with Gasteiger partial charge in [-0.2, -0.15) is 4.98 Å². The summed E-state index contributed by atoms with van der Waals surface area (Å²) in [7, 11) is 1.86. The molecular formula is C18H24N4O3. The first kappa shape index (κ1) is 17.6. The Balaban J connectivity index is 1.48. The lowest BCUT2D eigenvalue weighted by atomic mass is 10.1. The number of carbonyl (C=O) groups excluding carboxylic acids is 1. The van der Waals surface area contributed by atoms with Gasteiger partial charge in [-0.3, -0.25) is 9.69 Å². The van der Waals surface area contributed by atoms with E-state index >= 15 is 0 Å². The molecule has 0 unspecified atom stereocenters. The molecule has 1 amide bonds. The molecule has 0 aliphatic carbocycles. The molecule has 0 atom stereocenters. The fraction of sp³-hybridized carbons (Fsp3) is 0.500. The second kappa shape index (κ2) is 8.22. The van der Waals surface area contributed by atoms with Gasteiger partial charge in [-0.1, -0.05) is 35.5 Å². The first-order valence-corrected chi connectivity index (χ1v) is 8.60. The van der Waals surface area contributed by atoms with Gasteiger partial charge in [-0.05, 0) is 25.5 Å². The van der Waals surface area contributed by atoms with E-state index in [-0.39, 0.29) is 12.0 Å². The zero-order chi connectivity index (χ0) is 17.6. The minimum Gasteiger partial charge on any atom is -0.393 e. The molecule has 134 valence electrons. The maximum Gasteiger partial charge on any atom is 0.240 e. The van der Waals surface area contributed by atoms with E-state index in [9.17, 15) is 9.90 Å². The monoisotopic (exact) mass is 344 g/mol. The number of likely N-dealkylation sites (tertiary alicyclic amines) is 1. The maximum atomic E-state index is 12.3. The molecule has 1 aromatic carbocycles. The SMILES string of the molecule is CN(CC(=O)N1CCC(O)CC1)Cc1nc(Cc2ccccc2)no1. The van der Waals surface area contributed by atoms with Crippen molar-refractivity contribution in [3.63, 3.8) is 0 Å². The molecule has 1 aliphatic heterocycles. The second-order valence-corrected chi connectivity index (χ2v) is 6.55. The Morgan fingerprint density at radius 1 is 1.32 bits per heavy atom. The van der Waals surface area contributed by atoms with Crippen molar-refractivity contribution in [3.05, 3.63) is 47.6 Å². The Morgan fingerprint density at radius 2 is 2.04 bits per heavy atom. The van der Waals surface area contributed by atoms with Gasteiger partial charge in [-0.25, -0.2) is 0 Å². The van der Waals surface area contributed by atoms with Crippen molar-refractivity contribution in [2.45, 2.75) is 31.9 Å². The molecule has 0 bridgehead atoms. The van der Waals surface area contributed by atoms with Crippen LogP contribution in [0.2, 0.25) is 0 Å². The van der Waals surface area contributed by atoms with Crippen LogP contribution in [0.5, 0.6) is 0 Å². The van der Waals surface area contributed by atoms with Gasteiger partial charge < -0.3 is 14.5 Å². The lowest BCUT2D eigenvalue weighted by molar-refractivity contribution is -0.134. The molecule has 1 N–H and O–H groups in total. The van der Waals surface area contributed by atoms with E-state index in [1.807, 2.05) is 42.3 Å². The molecule has 25 heavy (non-hydrogen) atoms. The van der Waals surface area contributed by atoms with Crippen LogP contribution in [0.3, 0.4) is 0 Å². The predicted molar refractivity (Wildman–Crippen MR) is 91.7 cm³/mol. The normalized spacial score (nSPS) is 15.7. The third kappa shape index (κ3) is 5.11. The number of carbonyl (C=O) groups is 1. The number of aliphatic hydroxyl groups is 1. The molecule has 1 aromatic heterocycles. The average Bonchev–Trinajstić information content (AvgIpc) is 3.03. The minimum atomic E-state index is -0.275. The van der Waals surface area contributed by atoms with E-state index in [0.29, 0.717) is 57.2 Å². The number of piperidine rings is 1. The molecule has 0 spiro atoms. The van der Waals surface area contributed by atoms with Gasteiger partial charge in [0.1, 0.15) is 0 Å². The van der Waals surface area contributed by atoms with Gasteiger partial charge in [0.25, 0.3) is 0 Å². The molecule has 0 radical (unpaired) electrons. The van der Waals surface area contributed by atoms with Crippen LogP contribution < -0.4 is 0 Å². The highest BCUT2D eigenvalue weighted by atomic mass is 16.5. The van der Waals surface area contributed by atoms with Crippen molar-refractivity contribution < 1.29 is 14.4 Å². The van der Waals surface area contributed by atoms with Gasteiger partial charge in [0.2, 0.25) is 11.8 Å². The average molecular weight is 344 g/mol. The molecule has 1 aliphatic rings. The molecule has 2 aromatic rings. The standard InChI is InChI=1S/C18H24N4O3/c1-21(13-18(24)22-9-7-15(23)8-10-22)12-17-19-16(20-25-17)11-14-5-3-2-4-6-14/h2-6,15,23H,7-13H2,1H3. The van der Waals surface area contributed by atoms with Crippen molar-refractivity contribution in [2.75, 3.05) is 26.7 Å². The van der Waals surface area contributed by atoms with Gasteiger partial charge in [0.05, 0.1) is 19.2 Å². The van der Waals surface area contributed by atoms with Gasteiger partial charge >= 0.3 is 0 Å². The summed E-state index contributed by atoms with van der Waals surface area (Å²) in [4.78, 5) is 20.4. The largest absolute Gasteiger partial charge is 0.393 e. The van der Waals surface area contributed by atoms with Crippen molar-refractivity contribution in [2.24, 2.45) is 0 Å². The number of nitrogens with zero attached hydrogens (tertiary/aromatic N) is 4. The molecule has 2 heterocycles. The summed E-state index contributed by atoms with van der Waals surface area (Å²) in [5, 5.41) is 13.5. The molecule has 1 saturated heterocycles. The third-order valence-electron chi connectivity index (χ3n) is 4.34. The van der Waals surface area contributed by atoms with E-state index in [0.717, 1.165) is 5.56 Å². The number of likely N-dealkylation sites (N-methyl/N-ethyl adjacent to an activating group) is 1. The van der Waals surface area contributed by atoms with Crippen LogP contribution in [-0.2, 0) is 17.8 Å². The highest BCUT2D eigenvalue weighted by Crippen LogP contribution is 2.11. The van der Waals surface area contributed by atoms with Crippen molar-refractivity contribution >= 4 is 5.91 Å². The van der Waals surface area contributed by atoms with Crippen LogP contribution >= 0.6 is 0 Å². The second-order valence-electron chi connectivity index (χ2n) is 6.55. The summed E-state index contributed by atoms with van der Waals surface area (Å²) in [5.41, 5.74) is 1.13. The summed E-state index contributed by atoms with van der Waals surface area (Å²) in [5.74, 6) is 1.22. The summed E-state index contributed by atoms with van der Waals surface area (Å²) in [6, 6.07) is 9.98. The number of amides is 1. The van der Waals surface area contributed by atoms with Crippen molar-refractivity contribution in [3.8, 4) is 0 Å². The quantitative estimate of drug-likeness (QED) is 0.844. The highest BCUT2D eigenvalue weighted by Gasteiger charge is 2.22. The zero-order valence-electron chi connectivity index (χ0n) is 14.5. The molecular weight excluding hydrogens is 320 g/mol. The van der Waals surface area contributed by atoms with E-state index < -0.39 is 0 Å². The summed E-state index contributed by atoms with van der Waals surface area (Å²) < 4.78 is 5.29. The van der Waals surface area contributed by atoms with Crippen molar-refractivity contribution in [1.29, 1.82) is 0 Å². The highest BCUT2D eigenvalue weighted by molar-refractivity contribution is 5.78. The van der Waals surface area contributed by atoms with Gasteiger partial charge in [0, 0.05) is 19.5 Å². The summed E-state index contributed by atoms with van der Waals surface area (Å²) >= 11 is 0. The van der Waals surface area contributed by atoms with Crippen molar-refractivity contribution in [1.82, 2.24) is 19.9 Å². The number of hydrogen-bond donors (Lipinski definition) is 1. The zero-order valence-corrected chi connectivity index (χ0v) is 14.5. The topological polar surface area (TPSA) is 82.7 Å². The number of hydrogen-bond acceptors (Lipinski definition) is 6. The molecule has 7 heteroatoms. The van der Waals surface area contributed by atoms with Crippen LogP contribution in [-0.4, -0.2) is 63.7 Å². The number of aromatic nitrogens is 2.